The number of carboxylic acid groups (broad SMARTS) is 1. The topological polar surface area (TPSA) is 79.3 Å². The zero-order valence-electron chi connectivity index (χ0n) is 11.1. The number of rotatable bonds is 5. The first-order valence-corrected chi connectivity index (χ1v) is 6.31. The van der Waals surface area contributed by atoms with Crippen LogP contribution in [0.3, 0.4) is 0 Å². The largest absolute Gasteiger partial charge is 0.480 e. The minimum absolute atomic E-state index is 0.279. The molecule has 0 unspecified atom stereocenters. The molecule has 1 heterocycles. The third kappa shape index (κ3) is 2.59. The summed E-state index contributed by atoms with van der Waals surface area (Å²) in [6.45, 7) is 4.38. The van der Waals surface area contributed by atoms with Crippen molar-refractivity contribution in [1.82, 2.24) is 10.3 Å². The number of hydrogen-bond donors (Lipinski definition) is 2. The number of nitrogens with one attached hydrogen (secondary N) is 1. The number of carbonyl (C=O) groups excluding carboxylic acids is 1. The molecule has 1 fully saturated rings. The van der Waals surface area contributed by atoms with Gasteiger partial charge in [-0.1, -0.05) is 19.9 Å². The van der Waals surface area contributed by atoms with Crippen molar-refractivity contribution in [1.29, 1.82) is 0 Å². The Kier molecular flexibility index (Phi) is 3.30. The summed E-state index contributed by atoms with van der Waals surface area (Å²) in [5.41, 5.74) is -0.445. The lowest BCUT2D eigenvalue weighted by atomic mass is 9.85. The van der Waals surface area contributed by atoms with Crippen LogP contribution in [0, 0.1) is 5.41 Å². The SMILES string of the molecule is CC(C)(CNC(=O)C1(C(=O)O)CC1)c1cccnc1. The predicted molar refractivity (Wildman–Crippen MR) is 69.6 cm³/mol. The minimum Gasteiger partial charge on any atom is -0.480 e. The second kappa shape index (κ2) is 4.64. The van der Waals surface area contributed by atoms with Crippen molar-refractivity contribution in [3.8, 4) is 0 Å². The van der Waals surface area contributed by atoms with Crippen LogP contribution in [0.1, 0.15) is 32.3 Å². The van der Waals surface area contributed by atoms with Gasteiger partial charge in [0.15, 0.2) is 0 Å². The number of hydrogen-bond acceptors (Lipinski definition) is 3. The third-order valence-corrected chi connectivity index (χ3v) is 3.73. The summed E-state index contributed by atoms with van der Waals surface area (Å²) in [7, 11) is 0. The van der Waals surface area contributed by atoms with E-state index in [1.807, 2.05) is 26.0 Å². The van der Waals surface area contributed by atoms with Crippen molar-refractivity contribution < 1.29 is 14.7 Å². The molecule has 1 saturated carbocycles. The molecule has 1 aliphatic carbocycles. The van der Waals surface area contributed by atoms with Crippen molar-refractivity contribution in [2.24, 2.45) is 5.41 Å². The Hall–Kier alpha value is -1.91. The molecule has 0 spiro atoms. The van der Waals surface area contributed by atoms with Gasteiger partial charge in [-0.25, -0.2) is 0 Å². The van der Waals surface area contributed by atoms with Gasteiger partial charge >= 0.3 is 5.97 Å². The molecule has 0 saturated heterocycles. The first kappa shape index (κ1) is 13.5. The van der Waals surface area contributed by atoms with Crippen molar-refractivity contribution in [2.45, 2.75) is 32.1 Å². The maximum absolute atomic E-state index is 11.9. The lowest BCUT2D eigenvalue weighted by molar-refractivity contribution is -0.149. The molecule has 0 aliphatic heterocycles. The lowest BCUT2D eigenvalue weighted by Crippen LogP contribution is -2.43. The molecule has 102 valence electrons. The van der Waals surface area contributed by atoms with Crippen LogP contribution in [-0.2, 0) is 15.0 Å². The number of amides is 1. The summed E-state index contributed by atoms with van der Waals surface area (Å²) >= 11 is 0. The van der Waals surface area contributed by atoms with Crippen LogP contribution < -0.4 is 5.32 Å². The van der Waals surface area contributed by atoms with Crippen LogP contribution >= 0.6 is 0 Å². The van der Waals surface area contributed by atoms with Gasteiger partial charge in [0.2, 0.25) is 5.91 Å². The fourth-order valence-corrected chi connectivity index (χ4v) is 2.00. The second-order valence-corrected chi connectivity index (χ2v) is 5.70. The monoisotopic (exact) mass is 262 g/mol. The molecule has 1 aromatic rings. The normalized spacial score (nSPS) is 16.7. The van der Waals surface area contributed by atoms with Gasteiger partial charge in [-0.2, -0.15) is 0 Å². The molecule has 0 radical (unpaired) electrons. The number of carbonyl (C=O) groups is 2. The van der Waals surface area contributed by atoms with Crippen LogP contribution in [0.15, 0.2) is 24.5 Å². The Morgan fingerprint density at radius 1 is 1.47 bits per heavy atom. The van der Waals surface area contributed by atoms with E-state index in [9.17, 15) is 9.59 Å². The van der Waals surface area contributed by atoms with Crippen molar-refractivity contribution >= 4 is 11.9 Å². The summed E-state index contributed by atoms with van der Waals surface area (Å²) in [6, 6.07) is 3.79. The Bertz CT molecular complexity index is 493. The third-order valence-electron chi connectivity index (χ3n) is 3.73. The average molecular weight is 262 g/mol. The molecule has 1 amide bonds. The highest BCUT2D eigenvalue weighted by molar-refractivity contribution is 6.04. The van der Waals surface area contributed by atoms with Crippen molar-refractivity contribution in [3.05, 3.63) is 30.1 Å². The van der Waals surface area contributed by atoms with Crippen LogP contribution in [-0.4, -0.2) is 28.5 Å². The van der Waals surface area contributed by atoms with E-state index in [2.05, 4.69) is 10.3 Å². The van der Waals surface area contributed by atoms with Crippen molar-refractivity contribution in [3.63, 3.8) is 0 Å². The molecule has 5 nitrogen and oxygen atoms in total. The number of pyridine rings is 1. The number of carboxylic acids is 1. The maximum atomic E-state index is 11.9. The Balaban J connectivity index is 1.99. The minimum atomic E-state index is -1.18. The Morgan fingerprint density at radius 2 is 2.16 bits per heavy atom. The molecular weight excluding hydrogens is 244 g/mol. The van der Waals surface area contributed by atoms with E-state index in [0.717, 1.165) is 5.56 Å². The molecule has 19 heavy (non-hydrogen) atoms. The van der Waals surface area contributed by atoms with Gasteiger partial charge in [-0.3, -0.25) is 14.6 Å². The van der Waals surface area contributed by atoms with Crippen LogP contribution in [0.2, 0.25) is 0 Å². The molecule has 2 N–H and O–H groups in total. The molecule has 2 rings (SSSR count). The van der Waals surface area contributed by atoms with E-state index in [-0.39, 0.29) is 11.3 Å². The summed E-state index contributed by atoms with van der Waals surface area (Å²) in [4.78, 5) is 27.0. The molecule has 0 aromatic carbocycles. The molecule has 5 heteroatoms. The fourth-order valence-electron chi connectivity index (χ4n) is 2.00. The smallest absolute Gasteiger partial charge is 0.319 e. The lowest BCUT2D eigenvalue weighted by Gasteiger charge is -2.26. The van der Waals surface area contributed by atoms with Gasteiger partial charge < -0.3 is 10.4 Å². The zero-order valence-corrected chi connectivity index (χ0v) is 11.1. The zero-order chi connectivity index (χ0) is 14.1. The number of nitrogens with zero attached hydrogens (tertiary/aromatic N) is 1. The molecule has 1 aliphatic rings. The molecular formula is C14H18N2O3. The quantitative estimate of drug-likeness (QED) is 0.785. The van der Waals surface area contributed by atoms with E-state index in [1.54, 1.807) is 12.4 Å². The van der Waals surface area contributed by atoms with Crippen LogP contribution in [0.5, 0.6) is 0 Å². The highest BCUT2D eigenvalue weighted by Crippen LogP contribution is 2.46. The molecule has 1 aromatic heterocycles. The van der Waals surface area contributed by atoms with Gasteiger partial charge in [0, 0.05) is 24.4 Å². The fraction of sp³-hybridized carbons (Fsp3) is 0.500. The summed E-state index contributed by atoms with van der Waals surface area (Å²) in [5.74, 6) is -1.40. The van der Waals surface area contributed by atoms with Gasteiger partial charge in [-0.05, 0) is 24.5 Å². The first-order valence-electron chi connectivity index (χ1n) is 6.31. The van der Waals surface area contributed by atoms with E-state index >= 15 is 0 Å². The van der Waals surface area contributed by atoms with Gasteiger partial charge in [0.05, 0.1) is 0 Å². The Labute approximate surface area is 112 Å². The predicted octanol–water partition coefficient (Wildman–Crippen LogP) is 1.34. The van der Waals surface area contributed by atoms with Gasteiger partial charge in [-0.15, -0.1) is 0 Å². The van der Waals surface area contributed by atoms with Gasteiger partial charge in [0.25, 0.3) is 0 Å². The second-order valence-electron chi connectivity index (χ2n) is 5.70. The summed E-state index contributed by atoms with van der Waals surface area (Å²) < 4.78 is 0. The Morgan fingerprint density at radius 3 is 2.63 bits per heavy atom. The highest BCUT2D eigenvalue weighted by Gasteiger charge is 2.57. The number of aromatic nitrogens is 1. The number of aliphatic carboxylic acids is 1. The summed E-state index contributed by atoms with van der Waals surface area (Å²) in [6.07, 6.45) is 4.32. The summed E-state index contributed by atoms with van der Waals surface area (Å²) in [5, 5.41) is 11.8. The van der Waals surface area contributed by atoms with E-state index in [0.29, 0.717) is 19.4 Å². The average Bonchev–Trinajstić information content (AvgIpc) is 3.18. The standard InChI is InChI=1S/C14H18N2O3/c1-13(2,10-4-3-7-15-8-10)9-16-11(17)14(5-6-14)12(18)19/h3-4,7-8H,5-6,9H2,1-2H3,(H,16,17)(H,18,19). The van der Waals surface area contributed by atoms with Crippen molar-refractivity contribution in [2.75, 3.05) is 6.54 Å². The molecule has 0 bridgehead atoms. The molecule has 0 atom stereocenters. The maximum Gasteiger partial charge on any atom is 0.319 e. The highest BCUT2D eigenvalue weighted by atomic mass is 16.4. The van der Waals surface area contributed by atoms with E-state index < -0.39 is 11.4 Å². The van der Waals surface area contributed by atoms with E-state index in [4.69, 9.17) is 5.11 Å². The van der Waals surface area contributed by atoms with Crippen LogP contribution in [0.4, 0.5) is 0 Å². The van der Waals surface area contributed by atoms with Gasteiger partial charge in [0.1, 0.15) is 5.41 Å². The van der Waals surface area contributed by atoms with Crippen LogP contribution in [0.25, 0.3) is 0 Å². The first-order chi connectivity index (χ1) is 8.88. The van der Waals surface area contributed by atoms with E-state index in [1.165, 1.54) is 0 Å².